The van der Waals surface area contributed by atoms with Crippen molar-refractivity contribution in [2.24, 2.45) is 0 Å². The molecule has 0 bridgehead atoms. The van der Waals surface area contributed by atoms with Crippen molar-refractivity contribution in [2.75, 3.05) is 13.1 Å². The van der Waals surface area contributed by atoms with Crippen LogP contribution in [0.4, 0.5) is 0 Å². The molecule has 4 heteroatoms. The van der Waals surface area contributed by atoms with Gasteiger partial charge in [0, 0.05) is 4.47 Å². The van der Waals surface area contributed by atoms with Crippen LogP contribution < -0.4 is 0 Å². The van der Waals surface area contributed by atoms with Gasteiger partial charge in [-0.25, -0.2) is 0 Å². The van der Waals surface area contributed by atoms with E-state index in [9.17, 15) is 9.90 Å². The summed E-state index contributed by atoms with van der Waals surface area (Å²) in [4.78, 5) is 13.3. The maximum absolute atomic E-state index is 11.4. The molecule has 1 unspecified atom stereocenters. The van der Waals surface area contributed by atoms with Crippen molar-refractivity contribution in [2.45, 2.75) is 26.8 Å². The van der Waals surface area contributed by atoms with E-state index in [-0.39, 0.29) is 0 Å². The molecule has 0 aliphatic heterocycles. The van der Waals surface area contributed by atoms with Crippen molar-refractivity contribution in [1.82, 2.24) is 4.90 Å². The van der Waals surface area contributed by atoms with Gasteiger partial charge in [-0.05, 0) is 37.2 Å². The largest absolute Gasteiger partial charge is 0.480 e. The number of likely N-dealkylation sites (N-methyl/N-ethyl adjacent to an activating group) is 1. The molecule has 94 valence electrons. The van der Waals surface area contributed by atoms with Crippen molar-refractivity contribution in [3.8, 4) is 0 Å². The monoisotopic (exact) mass is 299 g/mol. The number of rotatable bonds is 5. The quantitative estimate of drug-likeness (QED) is 0.907. The van der Waals surface area contributed by atoms with E-state index in [0.717, 1.165) is 28.7 Å². The molecular weight excluding hydrogens is 282 g/mol. The number of hydrogen-bond acceptors (Lipinski definition) is 2. The number of carboxylic acid groups (broad SMARTS) is 1. The summed E-state index contributed by atoms with van der Waals surface area (Å²) in [5.74, 6) is -0.796. The number of halogens is 1. The van der Waals surface area contributed by atoms with Gasteiger partial charge in [0.2, 0.25) is 0 Å². The first-order valence-electron chi connectivity index (χ1n) is 5.74. The van der Waals surface area contributed by atoms with Crippen molar-refractivity contribution >= 4 is 21.9 Å². The maximum atomic E-state index is 11.4. The predicted molar refractivity (Wildman–Crippen MR) is 72.2 cm³/mol. The van der Waals surface area contributed by atoms with Crippen LogP contribution in [0.2, 0.25) is 0 Å². The third-order valence-electron chi connectivity index (χ3n) is 2.91. The van der Waals surface area contributed by atoms with Gasteiger partial charge in [0.1, 0.15) is 6.04 Å². The minimum absolute atomic E-state index is 0.559. The van der Waals surface area contributed by atoms with Crippen molar-refractivity contribution in [3.63, 3.8) is 0 Å². The first-order valence-corrected chi connectivity index (χ1v) is 6.53. The molecule has 0 saturated carbocycles. The minimum atomic E-state index is -0.796. The van der Waals surface area contributed by atoms with Gasteiger partial charge < -0.3 is 5.11 Å². The number of carbonyl (C=O) groups is 1. The summed E-state index contributed by atoms with van der Waals surface area (Å²) in [6, 6.07) is 5.15. The molecule has 0 aliphatic carbocycles. The van der Waals surface area contributed by atoms with Crippen molar-refractivity contribution < 1.29 is 9.90 Å². The van der Waals surface area contributed by atoms with Crippen LogP contribution in [-0.2, 0) is 4.79 Å². The molecule has 0 saturated heterocycles. The lowest BCUT2D eigenvalue weighted by atomic mass is 10.0. The van der Waals surface area contributed by atoms with E-state index in [2.05, 4.69) is 15.9 Å². The summed E-state index contributed by atoms with van der Waals surface area (Å²) in [6.07, 6.45) is 0. The topological polar surface area (TPSA) is 40.5 Å². The highest BCUT2D eigenvalue weighted by molar-refractivity contribution is 9.10. The van der Waals surface area contributed by atoms with Crippen LogP contribution in [-0.4, -0.2) is 29.1 Å². The Morgan fingerprint density at radius 1 is 1.41 bits per heavy atom. The summed E-state index contributed by atoms with van der Waals surface area (Å²) in [6.45, 7) is 7.37. The Morgan fingerprint density at radius 2 is 2.00 bits per heavy atom. The van der Waals surface area contributed by atoms with Crippen LogP contribution in [0, 0.1) is 6.92 Å². The number of hydrogen-bond donors (Lipinski definition) is 1. The van der Waals surface area contributed by atoms with Crippen LogP contribution in [0.1, 0.15) is 31.0 Å². The van der Waals surface area contributed by atoms with Gasteiger partial charge in [-0.2, -0.15) is 0 Å². The lowest BCUT2D eigenvalue weighted by molar-refractivity contribution is -0.143. The molecule has 0 aromatic heterocycles. The van der Waals surface area contributed by atoms with Crippen LogP contribution in [0.5, 0.6) is 0 Å². The standard InChI is InChI=1S/C13H18BrNO2/c1-4-15(5-2)12(13(16)17)10-6-7-11(14)9(3)8-10/h6-8,12H,4-5H2,1-3H3,(H,16,17). The Balaban J connectivity index is 3.13. The number of aryl methyl sites for hydroxylation is 1. The van der Waals surface area contributed by atoms with Crippen LogP contribution in [0.25, 0.3) is 0 Å². The third-order valence-corrected chi connectivity index (χ3v) is 3.80. The van der Waals surface area contributed by atoms with Gasteiger partial charge in [0.25, 0.3) is 0 Å². The average Bonchev–Trinajstić information content (AvgIpc) is 2.29. The van der Waals surface area contributed by atoms with Crippen LogP contribution in [0.3, 0.4) is 0 Å². The Kier molecular flexibility index (Phi) is 5.15. The molecule has 1 rings (SSSR count). The zero-order valence-electron chi connectivity index (χ0n) is 10.4. The number of aliphatic carboxylic acids is 1. The van der Waals surface area contributed by atoms with Gasteiger partial charge in [-0.15, -0.1) is 0 Å². The van der Waals surface area contributed by atoms with Crippen LogP contribution >= 0.6 is 15.9 Å². The molecule has 3 nitrogen and oxygen atoms in total. The van der Waals surface area contributed by atoms with Crippen molar-refractivity contribution in [3.05, 3.63) is 33.8 Å². The molecule has 0 radical (unpaired) electrons. The fourth-order valence-electron chi connectivity index (χ4n) is 1.94. The third kappa shape index (κ3) is 3.30. The van der Waals surface area contributed by atoms with E-state index in [1.165, 1.54) is 0 Å². The molecule has 1 atom stereocenters. The SMILES string of the molecule is CCN(CC)C(C(=O)O)c1ccc(Br)c(C)c1. The molecule has 1 aromatic rings. The molecule has 17 heavy (non-hydrogen) atoms. The van der Waals surface area contributed by atoms with E-state index in [0.29, 0.717) is 0 Å². The summed E-state index contributed by atoms with van der Waals surface area (Å²) >= 11 is 3.43. The van der Waals surface area contributed by atoms with Gasteiger partial charge in [0.05, 0.1) is 0 Å². The second-order valence-corrected chi connectivity index (χ2v) is 4.82. The maximum Gasteiger partial charge on any atom is 0.325 e. The number of benzene rings is 1. The first kappa shape index (κ1) is 14.2. The molecule has 0 fully saturated rings. The van der Waals surface area contributed by atoms with Gasteiger partial charge in [0.15, 0.2) is 0 Å². The Bertz CT molecular complexity index is 402. The smallest absolute Gasteiger partial charge is 0.325 e. The summed E-state index contributed by atoms with van der Waals surface area (Å²) in [5.41, 5.74) is 1.89. The van der Waals surface area contributed by atoms with E-state index >= 15 is 0 Å². The van der Waals surface area contributed by atoms with Crippen LogP contribution in [0.15, 0.2) is 22.7 Å². The Morgan fingerprint density at radius 3 is 2.41 bits per heavy atom. The second kappa shape index (κ2) is 6.17. The van der Waals surface area contributed by atoms with Gasteiger partial charge >= 0.3 is 5.97 Å². The van der Waals surface area contributed by atoms with E-state index in [4.69, 9.17) is 0 Å². The Labute approximate surface area is 111 Å². The van der Waals surface area contributed by atoms with E-state index in [1.807, 2.05) is 43.9 Å². The molecule has 1 aromatic carbocycles. The highest BCUT2D eigenvalue weighted by atomic mass is 79.9. The normalized spacial score (nSPS) is 12.8. The second-order valence-electron chi connectivity index (χ2n) is 3.97. The van der Waals surface area contributed by atoms with Gasteiger partial charge in [-0.1, -0.05) is 41.9 Å². The highest BCUT2D eigenvalue weighted by Crippen LogP contribution is 2.25. The summed E-state index contributed by atoms with van der Waals surface area (Å²) in [7, 11) is 0. The van der Waals surface area contributed by atoms with Gasteiger partial charge in [-0.3, -0.25) is 9.69 Å². The Hall–Kier alpha value is -0.870. The first-order chi connectivity index (χ1) is 8.01. The lowest BCUT2D eigenvalue weighted by Gasteiger charge is -2.26. The number of carboxylic acids is 1. The fourth-order valence-corrected chi connectivity index (χ4v) is 2.18. The lowest BCUT2D eigenvalue weighted by Crippen LogP contribution is -2.33. The summed E-state index contributed by atoms with van der Waals surface area (Å²) in [5, 5.41) is 9.37. The van der Waals surface area contributed by atoms with E-state index < -0.39 is 12.0 Å². The fraction of sp³-hybridized carbons (Fsp3) is 0.462. The van der Waals surface area contributed by atoms with E-state index in [1.54, 1.807) is 0 Å². The minimum Gasteiger partial charge on any atom is -0.480 e. The average molecular weight is 300 g/mol. The summed E-state index contributed by atoms with van der Waals surface area (Å²) < 4.78 is 1.00. The molecular formula is C13H18BrNO2. The zero-order chi connectivity index (χ0) is 13.0. The zero-order valence-corrected chi connectivity index (χ0v) is 12.0. The molecule has 1 N–H and O–H groups in total. The van der Waals surface area contributed by atoms with Crippen molar-refractivity contribution in [1.29, 1.82) is 0 Å². The number of nitrogens with zero attached hydrogens (tertiary/aromatic N) is 1. The molecule has 0 heterocycles. The molecule has 0 aliphatic rings. The molecule has 0 spiro atoms. The predicted octanol–water partition coefficient (Wildman–Crippen LogP) is 3.23. The molecule has 0 amide bonds. The highest BCUT2D eigenvalue weighted by Gasteiger charge is 2.25.